The van der Waals surface area contributed by atoms with Crippen LogP contribution in [0, 0.1) is 0 Å². The van der Waals surface area contributed by atoms with Crippen LogP contribution in [0.2, 0.25) is 0 Å². The van der Waals surface area contributed by atoms with Crippen molar-refractivity contribution in [3.05, 3.63) is 0 Å². The predicted octanol–water partition coefficient (Wildman–Crippen LogP) is -3.64. The maximum atomic E-state index is 9.04. The number of nitrogens with zero attached hydrogens (tertiary/aromatic N) is 1. The quantitative estimate of drug-likeness (QED) is 0.231. The average Bonchev–Trinajstić information content (AvgIpc) is 3.07. The number of aliphatic hydroxyl groups excluding tert-OH is 3. The van der Waals surface area contributed by atoms with E-state index in [9.17, 15) is 0 Å². The number of hydrogen-bond donors (Lipinski definition) is 5. The van der Waals surface area contributed by atoms with Crippen LogP contribution in [0.1, 0.15) is 0 Å². The summed E-state index contributed by atoms with van der Waals surface area (Å²) in [7, 11) is 0. The van der Waals surface area contributed by atoms with Crippen molar-refractivity contribution in [3.8, 4) is 0 Å². The molecule has 0 aromatic rings. The van der Waals surface area contributed by atoms with Crippen LogP contribution in [-0.4, -0.2) is 82.1 Å². The summed E-state index contributed by atoms with van der Waals surface area (Å²) >= 11 is 0. The molecule has 0 aromatic carbocycles. The van der Waals surface area contributed by atoms with Crippen molar-refractivity contribution in [2.75, 3.05) is 19.6 Å². The molecule has 0 bridgehead atoms. The molecule has 5 unspecified atom stereocenters. The van der Waals surface area contributed by atoms with Crippen LogP contribution in [0.3, 0.4) is 0 Å². The number of ether oxygens (including phenoxy) is 2. The Morgan fingerprint density at radius 3 is 2.12 bits per heavy atom. The van der Waals surface area contributed by atoms with E-state index in [4.69, 9.17) is 35.6 Å². The second-order valence-electron chi connectivity index (χ2n) is 4.42. The summed E-state index contributed by atoms with van der Waals surface area (Å²) in [4.78, 5) is 1.66. The number of aliphatic hydroxyl groups is 4. The van der Waals surface area contributed by atoms with E-state index in [-0.39, 0.29) is 12.6 Å². The maximum Gasteiger partial charge on any atom is 0.183 e. The predicted molar refractivity (Wildman–Crippen MR) is 54.4 cm³/mol. The second kappa shape index (κ2) is 5.12. The highest BCUT2D eigenvalue weighted by atomic mass is 16.7. The van der Waals surface area contributed by atoms with Crippen LogP contribution in [0.15, 0.2) is 0 Å². The number of rotatable bonds is 7. The summed E-state index contributed by atoms with van der Waals surface area (Å²) in [5.41, 5.74) is 5.78. The fraction of sp³-hybridized carbons (Fsp3) is 1.00. The van der Waals surface area contributed by atoms with Gasteiger partial charge in [0.2, 0.25) is 0 Å². The van der Waals surface area contributed by atoms with Gasteiger partial charge < -0.3 is 35.6 Å². The molecule has 2 saturated heterocycles. The molecule has 8 heteroatoms. The molecule has 5 atom stereocenters. The second-order valence-corrected chi connectivity index (χ2v) is 4.42. The van der Waals surface area contributed by atoms with Crippen molar-refractivity contribution >= 4 is 0 Å². The van der Waals surface area contributed by atoms with Gasteiger partial charge in [0, 0.05) is 25.7 Å². The minimum absolute atomic E-state index is 0.00307. The van der Waals surface area contributed by atoms with E-state index in [0.717, 1.165) is 0 Å². The Morgan fingerprint density at radius 2 is 1.71 bits per heavy atom. The lowest BCUT2D eigenvalue weighted by Gasteiger charge is -2.24. The van der Waals surface area contributed by atoms with Crippen LogP contribution < -0.4 is 5.73 Å². The minimum Gasteiger partial charge on any atom is -0.367 e. The van der Waals surface area contributed by atoms with Crippen LogP contribution in [0.4, 0.5) is 0 Å². The van der Waals surface area contributed by atoms with Crippen molar-refractivity contribution in [2.45, 2.75) is 37.1 Å². The van der Waals surface area contributed by atoms with Gasteiger partial charge in [-0.15, -0.1) is 0 Å². The van der Waals surface area contributed by atoms with Gasteiger partial charge in [-0.25, -0.2) is 0 Å². The third kappa shape index (κ3) is 3.83. The SMILES string of the molecule is NC(CN(CC(O)O)CC1OC1O)C1OC1O. The summed E-state index contributed by atoms with van der Waals surface area (Å²) in [5.74, 6) is 0. The molecule has 17 heavy (non-hydrogen) atoms. The molecule has 0 aromatic heterocycles. The van der Waals surface area contributed by atoms with Gasteiger partial charge in [-0.1, -0.05) is 0 Å². The molecule has 0 spiro atoms. The van der Waals surface area contributed by atoms with Crippen molar-refractivity contribution in [1.82, 2.24) is 4.90 Å². The molecule has 2 aliphatic rings. The molecule has 0 radical (unpaired) electrons. The van der Waals surface area contributed by atoms with Crippen LogP contribution >= 0.6 is 0 Å². The fourth-order valence-electron chi connectivity index (χ4n) is 1.81. The zero-order chi connectivity index (χ0) is 12.6. The van der Waals surface area contributed by atoms with Gasteiger partial charge in [-0.3, -0.25) is 4.90 Å². The van der Waals surface area contributed by atoms with Gasteiger partial charge in [0.1, 0.15) is 12.2 Å². The standard InChI is InChI=1S/C9H18N2O6/c10-4(7-9(15)17-7)1-11(3-6(12)13)2-5-8(14)16-5/h4-9,12-15H,1-3,10H2. The first-order chi connectivity index (χ1) is 7.97. The van der Waals surface area contributed by atoms with E-state index in [1.54, 1.807) is 4.90 Å². The highest BCUT2D eigenvalue weighted by Crippen LogP contribution is 2.23. The van der Waals surface area contributed by atoms with E-state index in [1.165, 1.54) is 0 Å². The smallest absolute Gasteiger partial charge is 0.183 e. The number of hydrogen-bond acceptors (Lipinski definition) is 8. The Labute approximate surface area is 98.2 Å². The molecular weight excluding hydrogens is 232 g/mol. The normalized spacial score (nSPS) is 37.6. The van der Waals surface area contributed by atoms with E-state index in [1.807, 2.05) is 0 Å². The molecule has 2 rings (SSSR count). The Morgan fingerprint density at radius 1 is 1.12 bits per heavy atom. The molecule has 0 saturated carbocycles. The van der Waals surface area contributed by atoms with E-state index < -0.39 is 31.0 Å². The average molecular weight is 250 g/mol. The van der Waals surface area contributed by atoms with Crippen molar-refractivity contribution in [3.63, 3.8) is 0 Å². The van der Waals surface area contributed by atoms with Gasteiger partial charge in [0.25, 0.3) is 0 Å². The Hall–Kier alpha value is -0.320. The third-order valence-corrected chi connectivity index (χ3v) is 2.81. The van der Waals surface area contributed by atoms with Gasteiger partial charge >= 0.3 is 0 Å². The summed E-state index contributed by atoms with van der Waals surface area (Å²) in [6.45, 7) is 0.685. The summed E-state index contributed by atoms with van der Waals surface area (Å²) in [6.07, 6.45) is -3.81. The molecule has 0 amide bonds. The first-order valence-corrected chi connectivity index (χ1v) is 5.48. The topological polar surface area (TPSA) is 135 Å². The lowest BCUT2D eigenvalue weighted by molar-refractivity contribution is -0.0629. The zero-order valence-corrected chi connectivity index (χ0v) is 9.22. The summed E-state index contributed by atoms with van der Waals surface area (Å²) in [6, 6.07) is -0.417. The number of nitrogens with two attached hydrogens (primary N) is 1. The summed E-state index contributed by atoms with van der Waals surface area (Å²) < 4.78 is 9.66. The third-order valence-electron chi connectivity index (χ3n) is 2.81. The molecule has 6 N–H and O–H groups in total. The molecule has 0 aliphatic carbocycles. The molecular formula is C9H18N2O6. The molecule has 2 heterocycles. The van der Waals surface area contributed by atoms with Crippen LogP contribution in [0.5, 0.6) is 0 Å². The highest BCUT2D eigenvalue weighted by molar-refractivity contribution is 4.90. The van der Waals surface area contributed by atoms with Crippen molar-refractivity contribution < 1.29 is 29.9 Å². The molecule has 100 valence electrons. The van der Waals surface area contributed by atoms with Gasteiger partial charge in [0.15, 0.2) is 18.9 Å². The maximum absolute atomic E-state index is 9.04. The molecule has 2 aliphatic heterocycles. The fourth-order valence-corrected chi connectivity index (χ4v) is 1.81. The summed E-state index contributed by atoms with van der Waals surface area (Å²) in [5, 5.41) is 35.9. The first-order valence-electron chi connectivity index (χ1n) is 5.48. The molecule has 8 nitrogen and oxygen atoms in total. The minimum atomic E-state index is -1.48. The van der Waals surface area contributed by atoms with E-state index in [0.29, 0.717) is 13.1 Å². The highest BCUT2D eigenvalue weighted by Gasteiger charge is 2.44. The lowest BCUT2D eigenvalue weighted by atomic mass is 10.2. The van der Waals surface area contributed by atoms with Crippen LogP contribution in [0.25, 0.3) is 0 Å². The molecule has 2 fully saturated rings. The van der Waals surface area contributed by atoms with Gasteiger partial charge in [-0.2, -0.15) is 0 Å². The van der Waals surface area contributed by atoms with Gasteiger partial charge in [-0.05, 0) is 0 Å². The van der Waals surface area contributed by atoms with Crippen molar-refractivity contribution in [1.29, 1.82) is 0 Å². The van der Waals surface area contributed by atoms with E-state index >= 15 is 0 Å². The largest absolute Gasteiger partial charge is 0.367 e. The lowest BCUT2D eigenvalue weighted by Crippen LogP contribution is -2.45. The van der Waals surface area contributed by atoms with E-state index in [2.05, 4.69) is 0 Å². The Balaban J connectivity index is 1.77. The van der Waals surface area contributed by atoms with Crippen molar-refractivity contribution in [2.24, 2.45) is 5.73 Å². The Bertz CT molecular complexity index is 266. The monoisotopic (exact) mass is 250 g/mol. The first kappa shape index (κ1) is 13.1. The zero-order valence-electron chi connectivity index (χ0n) is 9.22. The van der Waals surface area contributed by atoms with Crippen LogP contribution in [-0.2, 0) is 9.47 Å². The Kier molecular flexibility index (Phi) is 3.95. The van der Waals surface area contributed by atoms with Gasteiger partial charge in [0.05, 0.1) is 0 Å². The number of epoxide rings is 2.